The second-order valence-electron chi connectivity index (χ2n) is 11.5. The highest BCUT2D eigenvalue weighted by Crippen LogP contribution is 2.45. The molecule has 0 bridgehead atoms. The zero-order chi connectivity index (χ0) is 29.5. The largest absolute Gasteiger partial charge is 0.492 e. The molecular weight excluding hydrogens is 536 g/mol. The van der Waals surface area contributed by atoms with Crippen LogP contribution in [-0.4, -0.2) is 41.2 Å². The minimum atomic E-state index is -1.07. The third-order valence-electron chi connectivity index (χ3n) is 8.44. The van der Waals surface area contributed by atoms with Gasteiger partial charge in [0.2, 0.25) is 0 Å². The van der Waals surface area contributed by atoms with E-state index in [4.69, 9.17) is 22.1 Å². The third kappa shape index (κ3) is 5.44. The molecule has 1 atom stereocenters. The number of nitrogens with zero attached hydrogens (tertiary/aromatic N) is 2. The average molecular weight is 573 g/mol. The molecule has 0 spiro atoms. The molecule has 0 radical (unpaired) electrons. The highest BCUT2D eigenvalue weighted by Gasteiger charge is 2.40. The van der Waals surface area contributed by atoms with Crippen molar-refractivity contribution >= 4 is 39.8 Å². The molecule has 1 aromatic heterocycles. The fraction of sp³-hybridized carbons (Fsp3) is 0.333. The molecule has 5 rings (SSSR count). The lowest BCUT2D eigenvalue weighted by atomic mass is 9.69. The standard InChI is InChI=1S/C33H37ClN4O3/c1-19-6-7-21(30(33(3,4)32(39)40)24-8-9-27(36-5)31(35)20(24)2)14-22(19)17-38-12-13-41-29-16-25-26(34)10-11-37-28(25)15-23(29)18-38/h6-11,14-16,30,36H,12-13,17-18,35H2,1-5H3,(H,39,40). The maximum absolute atomic E-state index is 12.6. The van der Waals surface area contributed by atoms with Crippen LogP contribution in [0.25, 0.3) is 10.9 Å². The predicted molar refractivity (Wildman–Crippen MR) is 166 cm³/mol. The van der Waals surface area contributed by atoms with Gasteiger partial charge in [-0.05, 0) is 79.8 Å². The summed E-state index contributed by atoms with van der Waals surface area (Å²) in [6.07, 6.45) is 1.72. The summed E-state index contributed by atoms with van der Waals surface area (Å²) in [5.74, 6) is -0.424. The van der Waals surface area contributed by atoms with Gasteiger partial charge in [0.15, 0.2) is 0 Å². The number of nitrogens with one attached hydrogen (secondary N) is 1. The number of aryl methyl sites for hydroxylation is 1. The predicted octanol–water partition coefficient (Wildman–Crippen LogP) is 6.77. The summed E-state index contributed by atoms with van der Waals surface area (Å²) in [4.78, 5) is 19.5. The third-order valence-corrected chi connectivity index (χ3v) is 8.77. The molecule has 3 aromatic carbocycles. The number of nitrogens with two attached hydrogens (primary N) is 1. The highest BCUT2D eigenvalue weighted by molar-refractivity contribution is 6.35. The Kier molecular flexibility index (Phi) is 7.86. The van der Waals surface area contributed by atoms with Gasteiger partial charge in [-0.25, -0.2) is 0 Å². The zero-order valence-corrected chi connectivity index (χ0v) is 25.0. The number of hydrogen-bond donors (Lipinski definition) is 3. The maximum Gasteiger partial charge on any atom is 0.310 e. The Labute approximate surface area is 246 Å². The maximum atomic E-state index is 12.6. The number of nitrogen functional groups attached to an aromatic ring is 1. The van der Waals surface area contributed by atoms with Crippen molar-refractivity contribution in [3.05, 3.63) is 93.1 Å². The summed E-state index contributed by atoms with van der Waals surface area (Å²) in [5.41, 5.74) is 13.8. The second-order valence-corrected chi connectivity index (χ2v) is 11.9. The monoisotopic (exact) mass is 572 g/mol. The van der Waals surface area contributed by atoms with E-state index in [0.29, 0.717) is 30.4 Å². The van der Waals surface area contributed by atoms with E-state index < -0.39 is 17.3 Å². The average Bonchev–Trinajstić information content (AvgIpc) is 3.13. The SMILES string of the molecule is CNc1ccc(C(c2ccc(C)c(CN3CCOc4cc5c(Cl)ccnc5cc4C3)c2)C(C)(C)C(=O)O)c(C)c1N. The van der Waals surface area contributed by atoms with Crippen molar-refractivity contribution < 1.29 is 14.6 Å². The van der Waals surface area contributed by atoms with Crippen molar-refractivity contribution in [3.8, 4) is 5.75 Å². The quantitative estimate of drug-likeness (QED) is 0.210. The molecular formula is C33H37ClN4O3. The molecule has 41 heavy (non-hydrogen) atoms. The van der Waals surface area contributed by atoms with E-state index in [2.05, 4.69) is 46.4 Å². The van der Waals surface area contributed by atoms with Gasteiger partial charge >= 0.3 is 5.97 Å². The number of aromatic nitrogens is 1. The normalized spacial score (nSPS) is 14.7. The Hall–Kier alpha value is -3.81. The number of fused-ring (bicyclic) bond motifs is 2. The summed E-state index contributed by atoms with van der Waals surface area (Å²) >= 11 is 6.41. The zero-order valence-electron chi connectivity index (χ0n) is 24.2. The van der Waals surface area contributed by atoms with Gasteiger partial charge < -0.3 is 20.9 Å². The number of hydrogen-bond acceptors (Lipinski definition) is 6. The molecule has 7 nitrogen and oxygen atoms in total. The summed E-state index contributed by atoms with van der Waals surface area (Å²) in [6, 6.07) is 16.1. The summed E-state index contributed by atoms with van der Waals surface area (Å²) < 4.78 is 6.13. The number of carboxylic acids is 1. The summed E-state index contributed by atoms with van der Waals surface area (Å²) in [7, 11) is 1.83. The van der Waals surface area contributed by atoms with Crippen molar-refractivity contribution in [3.63, 3.8) is 0 Å². The number of anilines is 2. The Morgan fingerprint density at radius 2 is 1.98 bits per heavy atom. The van der Waals surface area contributed by atoms with Crippen molar-refractivity contribution in [1.82, 2.24) is 9.88 Å². The van der Waals surface area contributed by atoms with E-state index in [1.54, 1.807) is 26.1 Å². The smallest absolute Gasteiger partial charge is 0.310 e. The molecule has 0 saturated heterocycles. The van der Waals surface area contributed by atoms with Gasteiger partial charge in [-0.2, -0.15) is 0 Å². The van der Waals surface area contributed by atoms with Crippen LogP contribution in [0.3, 0.4) is 0 Å². The van der Waals surface area contributed by atoms with Crippen LogP contribution in [0.1, 0.15) is 53.1 Å². The fourth-order valence-electron chi connectivity index (χ4n) is 5.85. The van der Waals surface area contributed by atoms with Crippen LogP contribution in [0, 0.1) is 19.3 Å². The fourth-order valence-corrected chi connectivity index (χ4v) is 6.05. The first kappa shape index (κ1) is 28.7. The van der Waals surface area contributed by atoms with Gasteiger partial charge in [0.1, 0.15) is 12.4 Å². The lowest BCUT2D eigenvalue weighted by Gasteiger charge is -2.34. The molecule has 4 aromatic rings. The van der Waals surface area contributed by atoms with Crippen molar-refractivity contribution in [2.24, 2.45) is 5.41 Å². The first-order valence-electron chi connectivity index (χ1n) is 13.8. The van der Waals surface area contributed by atoms with Crippen molar-refractivity contribution in [2.75, 3.05) is 31.2 Å². The highest BCUT2D eigenvalue weighted by atomic mass is 35.5. The van der Waals surface area contributed by atoms with Gasteiger partial charge in [0, 0.05) is 49.7 Å². The van der Waals surface area contributed by atoms with E-state index in [-0.39, 0.29) is 0 Å². The molecule has 1 unspecified atom stereocenters. The van der Waals surface area contributed by atoms with Gasteiger partial charge in [-0.15, -0.1) is 0 Å². The topological polar surface area (TPSA) is 101 Å². The van der Waals surface area contributed by atoms with Gasteiger partial charge in [0.05, 0.1) is 27.3 Å². The van der Waals surface area contributed by atoms with E-state index in [1.807, 2.05) is 32.2 Å². The van der Waals surface area contributed by atoms with Crippen LogP contribution in [-0.2, 0) is 17.9 Å². The lowest BCUT2D eigenvalue weighted by molar-refractivity contribution is -0.147. The number of pyridine rings is 1. The number of rotatable bonds is 7. The molecule has 0 saturated carbocycles. The number of benzene rings is 3. The number of carboxylic acid groups (broad SMARTS) is 1. The van der Waals surface area contributed by atoms with E-state index >= 15 is 0 Å². The van der Waals surface area contributed by atoms with Gasteiger partial charge in [-0.1, -0.05) is 35.9 Å². The Balaban J connectivity index is 1.51. The molecule has 214 valence electrons. The van der Waals surface area contributed by atoms with Crippen LogP contribution in [0.2, 0.25) is 5.02 Å². The van der Waals surface area contributed by atoms with E-state index in [9.17, 15) is 9.90 Å². The molecule has 1 aliphatic rings. The summed E-state index contributed by atoms with van der Waals surface area (Å²) in [5, 5.41) is 15.0. The molecule has 8 heteroatoms. The first-order chi connectivity index (χ1) is 19.5. The van der Waals surface area contributed by atoms with Crippen molar-refractivity contribution in [1.29, 1.82) is 0 Å². The number of halogens is 1. The van der Waals surface area contributed by atoms with Gasteiger partial charge in [-0.3, -0.25) is 14.7 Å². The lowest BCUT2D eigenvalue weighted by Crippen LogP contribution is -2.33. The van der Waals surface area contributed by atoms with Crippen LogP contribution in [0.15, 0.2) is 54.7 Å². The Morgan fingerprint density at radius 3 is 2.71 bits per heavy atom. The van der Waals surface area contributed by atoms with E-state index in [1.165, 1.54) is 0 Å². The van der Waals surface area contributed by atoms with Crippen LogP contribution in [0.4, 0.5) is 11.4 Å². The molecule has 2 heterocycles. The van der Waals surface area contributed by atoms with E-state index in [0.717, 1.165) is 62.3 Å². The van der Waals surface area contributed by atoms with Crippen LogP contribution >= 0.6 is 11.6 Å². The summed E-state index contributed by atoms with van der Waals surface area (Å²) in [6.45, 7) is 10.3. The van der Waals surface area contributed by atoms with Gasteiger partial charge in [0.25, 0.3) is 0 Å². The molecule has 0 aliphatic carbocycles. The minimum Gasteiger partial charge on any atom is -0.492 e. The molecule has 0 amide bonds. The van der Waals surface area contributed by atoms with Crippen molar-refractivity contribution in [2.45, 2.75) is 46.7 Å². The second kappa shape index (κ2) is 11.2. The molecule has 4 N–H and O–H groups in total. The Morgan fingerprint density at radius 1 is 1.20 bits per heavy atom. The molecule has 0 fully saturated rings. The van der Waals surface area contributed by atoms with Crippen LogP contribution in [0.5, 0.6) is 5.75 Å². The first-order valence-corrected chi connectivity index (χ1v) is 14.2. The Bertz CT molecular complexity index is 1640. The number of ether oxygens (including phenoxy) is 1. The number of aliphatic carboxylic acids is 1. The van der Waals surface area contributed by atoms with Crippen LogP contribution < -0.4 is 15.8 Å². The molecule has 1 aliphatic heterocycles. The number of carbonyl (C=O) groups is 1. The minimum absolute atomic E-state index is 0.400.